The van der Waals surface area contributed by atoms with E-state index in [2.05, 4.69) is 0 Å². The molecule has 130 valence electrons. The fourth-order valence-electron chi connectivity index (χ4n) is 2.23. The van der Waals surface area contributed by atoms with Gasteiger partial charge in [-0.2, -0.15) is 0 Å². The van der Waals surface area contributed by atoms with Gasteiger partial charge in [-0.25, -0.2) is 17.6 Å². The molecule has 1 aromatic carbocycles. The average molecular weight is 361 g/mol. The Bertz CT molecular complexity index is 769. The first-order valence-electron chi connectivity index (χ1n) is 6.95. The highest BCUT2D eigenvalue weighted by molar-refractivity contribution is 7.98. The smallest absolute Gasteiger partial charge is 0.256 e. The SMILES string of the molecule is CSCOc1cc(F)c(-c2ccc(C)c(=O)n2CC(F)F)c(F)c1. The summed E-state index contributed by atoms with van der Waals surface area (Å²) in [6, 6.07) is 4.52. The van der Waals surface area contributed by atoms with Crippen molar-refractivity contribution in [1.29, 1.82) is 0 Å². The van der Waals surface area contributed by atoms with Gasteiger partial charge in [0, 0.05) is 17.7 Å². The molecular formula is C16H15F4NO2S. The van der Waals surface area contributed by atoms with E-state index in [0.29, 0.717) is 4.57 Å². The van der Waals surface area contributed by atoms with E-state index in [4.69, 9.17) is 4.74 Å². The van der Waals surface area contributed by atoms with Crippen molar-refractivity contribution in [1.82, 2.24) is 4.57 Å². The summed E-state index contributed by atoms with van der Waals surface area (Å²) >= 11 is 1.33. The summed E-state index contributed by atoms with van der Waals surface area (Å²) in [4.78, 5) is 12.1. The first kappa shape index (κ1) is 18.4. The molecule has 0 aliphatic heterocycles. The maximum Gasteiger partial charge on any atom is 0.256 e. The summed E-state index contributed by atoms with van der Waals surface area (Å²) in [6.45, 7) is 0.500. The van der Waals surface area contributed by atoms with Gasteiger partial charge in [-0.3, -0.25) is 4.79 Å². The Morgan fingerprint density at radius 2 is 1.83 bits per heavy atom. The molecule has 3 nitrogen and oxygen atoms in total. The van der Waals surface area contributed by atoms with E-state index in [9.17, 15) is 22.4 Å². The molecule has 1 heterocycles. The minimum absolute atomic E-state index is 0.0158. The van der Waals surface area contributed by atoms with Crippen LogP contribution in [0.15, 0.2) is 29.1 Å². The quantitative estimate of drug-likeness (QED) is 0.574. The second-order valence-corrected chi connectivity index (χ2v) is 5.83. The van der Waals surface area contributed by atoms with Gasteiger partial charge in [0.25, 0.3) is 12.0 Å². The lowest BCUT2D eigenvalue weighted by Crippen LogP contribution is -2.26. The van der Waals surface area contributed by atoms with Crippen LogP contribution in [0.1, 0.15) is 5.56 Å². The number of aryl methyl sites for hydroxylation is 1. The number of pyridine rings is 1. The van der Waals surface area contributed by atoms with Crippen LogP contribution in [0.3, 0.4) is 0 Å². The van der Waals surface area contributed by atoms with Crippen LogP contribution < -0.4 is 10.3 Å². The summed E-state index contributed by atoms with van der Waals surface area (Å²) in [5, 5.41) is 0. The third-order valence-corrected chi connectivity index (χ3v) is 3.65. The largest absolute Gasteiger partial charge is 0.483 e. The fourth-order valence-corrected chi connectivity index (χ4v) is 2.48. The third kappa shape index (κ3) is 3.92. The van der Waals surface area contributed by atoms with Gasteiger partial charge >= 0.3 is 0 Å². The maximum atomic E-state index is 14.3. The molecule has 0 bridgehead atoms. The predicted octanol–water partition coefficient (Wildman–Crippen LogP) is 4.07. The Hall–Kier alpha value is -1.96. The van der Waals surface area contributed by atoms with Gasteiger partial charge in [-0.05, 0) is 19.2 Å². The number of halogens is 4. The van der Waals surface area contributed by atoms with Crippen LogP contribution in [0.25, 0.3) is 11.3 Å². The summed E-state index contributed by atoms with van der Waals surface area (Å²) in [5.74, 6) is -1.79. The molecule has 0 spiro atoms. The number of hydrogen-bond acceptors (Lipinski definition) is 3. The van der Waals surface area contributed by atoms with Crippen molar-refractivity contribution < 1.29 is 22.3 Å². The molecule has 0 aliphatic rings. The standard InChI is InChI=1S/C16H15F4NO2S/c1-9-3-4-13(21(16(9)22)7-14(19)20)15-11(17)5-10(6-12(15)18)23-8-24-2/h3-6,14H,7-8H2,1-2H3. The van der Waals surface area contributed by atoms with Crippen molar-refractivity contribution in [2.24, 2.45) is 0 Å². The molecule has 0 unspecified atom stereocenters. The third-order valence-electron chi connectivity index (χ3n) is 3.30. The zero-order chi connectivity index (χ0) is 17.9. The average Bonchev–Trinajstić information content (AvgIpc) is 2.51. The van der Waals surface area contributed by atoms with E-state index < -0.39 is 35.7 Å². The van der Waals surface area contributed by atoms with Crippen molar-refractivity contribution in [2.45, 2.75) is 19.9 Å². The number of rotatable bonds is 6. The highest BCUT2D eigenvalue weighted by Crippen LogP contribution is 2.30. The predicted molar refractivity (Wildman–Crippen MR) is 85.8 cm³/mol. The van der Waals surface area contributed by atoms with Gasteiger partial charge in [0.05, 0.1) is 17.8 Å². The van der Waals surface area contributed by atoms with Gasteiger partial charge in [0.2, 0.25) is 0 Å². The Balaban J connectivity index is 2.60. The van der Waals surface area contributed by atoms with Crippen molar-refractivity contribution in [2.75, 3.05) is 12.2 Å². The lowest BCUT2D eigenvalue weighted by Gasteiger charge is -2.15. The maximum absolute atomic E-state index is 14.3. The zero-order valence-corrected chi connectivity index (χ0v) is 13.8. The lowest BCUT2D eigenvalue weighted by atomic mass is 10.1. The molecule has 0 radical (unpaired) electrons. The second-order valence-electron chi connectivity index (χ2n) is 5.02. The van der Waals surface area contributed by atoms with Gasteiger partial charge in [0.15, 0.2) is 0 Å². The molecule has 8 heteroatoms. The first-order chi connectivity index (χ1) is 11.3. The molecule has 0 saturated heterocycles. The van der Waals surface area contributed by atoms with Crippen LogP contribution in [-0.2, 0) is 6.54 Å². The minimum atomic E-state index is -2.83. The highest BCUT2D eigenvalue weighted by atomic mass is 32.2. The van der Waals surface area contributed by atoms with Crippen LogP contribution in [0.5, 0.6) is 5.75 Å². The molecule has 0 N–H and O–H groups in total. The van der Waals surface area contributed by atoms with Crippen molar-refractivity contribution in [3.05, 3.63) is 51.8 Å². The van der Waals surface area contributed by atoms with Crippen molar-refractivity contribution in [3.63, 3.8) is 0 Å². The number of thioether (sulfide) groups is 1. The molecule has 24 heavy (non-hydrogen) atoms. The molecule has 2 aromatic rings. The van der Waals surface area contributed by atoms with Crippen LogP contribution >= 0.6 is 11.8 Å². The summed E-state index contributed by atoms with van der Waals surface area (Å²) in [5.41, 5.74) is -1.28. The van der Waals surface area contributed by atoms with E-state index in [1.54, 1.807) is 6.26 Å². The van der Waals surface area contributed by atoms with E-state index in [-0.39, 0.29) is 22.9 Å². The van der Waals surface area contributed by atoms with Gasteiger partial charge in [0.1, 0.15) is 23.3 Å². The Labute approximate surface area is 140 Å². The highest BCUT2D eigenvalue weighted by Gasteiger charge is 2.20. The number of alkyl halides is 2. The van der Waals surface area contributed by atoms with Gasteiger partial charge < -0.3 is 9.30 Å². The number of nitrogens with zero attached hydrogens (tertiary/aromatic N) is 1. The Kier molecular flexibility index (Phi) is 5.93. The first-order valence-corrected chi connectivity index (χ1v) is 8.34. The van der Waals surface area contributed by atoms with E-state index in [1.807, 2.05) is 0 Å². The molecular weight excluding hydrogens is 346 g/mol. The monoisotopic (exact) mass is 361 g/mol. The molecule has 2 rings (SSSR count). The van der Waals surface area contributed by atoms with Crippen LogP contribution in [0.2, 0.25) is 0 Å². The molecule has 0 saturated carbocycles. The van der Waals surface area contributed by atoms with Crippen molar-refractivity contribution >= 4 is 11.8 Å². The molecule has 0 atom stereocenters. The number of ether oxygens (including phenoxy) is 1. The Morgan fingerprint density at radius 1 is 1.21 bits per heavy atom. The summed E-state index contributed by atoms with van der Waals surface area (Å²) in [7, 11) is 0. The lowest BCUT2D eigenvalue weighted by molar-refractivity contribution is 0.125. The van der Waals surface area contributed by atoms with Crippen molar-refractivity contribution in [3.8, 4) is 17.0 Å². The van der Waals surface area contributed by atoms with Crippen LogP contribution in [-0.4, -0.2) is 23.2 Å². The van der Waals surface area contributed by atoms with Crippen LogP contribution in [0, 0.1) is 18.6 Å². The van der Waals surface area contributed by atoms with Gasteiger partial charge in [-0.1, -0.05) is 6.07 Å². The molecule has 0 aliphatic carbocycles. The van der Waals surface area contributed by atoms with E-state index in [1.165, 1.54) is 30.8 Å². The topological polar surface area (TPSA) is 31.2 Å². The normalized spacial score (nSPS) is 11.1. The van der Waals surface area contributed by atoms with Gasteiger partial charge in [-0.15, -0.1) is 11.8 Å². The van der Waals surface area contributed by atoms with Crippen LogP contribution in [0.4, 0.5) is 17.6 Å². The number of aromatic nitrogens is 1. The molecule has 0 fully saturated rings. The molecule has 0 amide bonds. The molecule has 1 aromatic heterocycles. The Morgan fingerprint density at radius 3 is 2.38 bits per heavy atom. The number of benzene rings is 1. The fraction of sp³-hybridized carbons (Fsp3) is 0.312. The minimum Gasteiger partial charge on any atom is -0.483 e. The summed E-state index contributed by atoms with van der Waals surface area (Å²) in [6.07, 6.45) is -1.07. The summed E-state index contributed by atoms with van der Waals surface area (Å²) < 4.78 is 60.0. The zero-order valence-electron chi connectivity index (χ0n) is 13.0. The number of hydrogen-bond donors (Lipinski definition) is 0. The van der Waals surface area contributed by atoms with E-state index >= 15 is 0 Å². The van der Waals surface area contributed by atoms with E-state index in [0.717, 1.165) is 12.1 Å². The second kappa shape index (κ2) is 7.74.